The maximum absolute atomic E-state index is 11.5. The zero-order chi connectivity index (χ0) is 14.8. The first-order valence-electron chi connectivity index (χ1n) is 6.62. The molecule has 1 unspecified atom stereocenters. The van der Waals surface area contributed by atoms with Crippen LogP contribution in [0.2, 0.25) is 0 Å². The van der Waals surface area contributed by atoms with E-state index in [1.165, 1.54) is 0 Å². The summed E-state index contributed by atoms with van der Waals surface area (Å²) in [6.07, 6.45) is 0.690. The monoisotopic (exact) mass is 256 g/mol. The topological polar surface area (TPSA) is 62.1 Å². The van der Waals surface area contributed by atoms with E-state index in [0.717, 1.165) is 0 Å². The summed E-state index contributed by atoms with van der Waals surface area (Å²) < 4.78 is 5.17. The second-order valence-electron chi connectivity index (χ2n) is 5.19. The number of carbonyl (C=O) groups is 1. The Morgan fingerprint density at radius 1 is 1.33 bits per heavy atom. The Kier molecular flexibility index (Phi) is 10.4. The van der Waals surface area contributed by atoms with Crippen LogP contribution in [0.1, 0.15) is 61.3 Å². The minimum absolute atomic E-state index is 0.00509. The van der Waals surface area contributed by atoms with E-state index in [1.807, 2.05) is 48.5 Å². The first-order valence-corrected chi connectivity index (χ1v) is 6.62. The van der Waals surface area contributed by atoms with Crippen LogP contribution in [0.4, 0.5) is 4.79 Å². The van der Waals surface area contributed by atoms with Gasteiger partial charge in [-0.15, -0.1) is 0 Å². The summed E-state index contributed by atoms with van der Waals surface area (Å²) in [5.41, 5.74) is -0.485. The third-order valence-corrected chi connectivity index (χ3v) is 2.07. The van der Waals surface area contributed by atoms with E-state index in [9.17, 15) is 4.79 Å². The van der Waals surface area contributed by atoms with E-state index >= 15 is 0 Å². The molecule has 0 aromatic heterocycles. The molecule has 1 N–H and O–H groups in total. The molecule has 0 heterocycles. The van der Waals surface area contributed by atoms with Crippen LogP contribution in [-0.4, -0.2) is 17.7 Å². The van der Waals surface area contributed by atoms with Crippen LogP contribution < -0.4 is 5.32 Å². The van der Waals surface area contributed by atoms with Crippen LogP contribution >= 0.6 is 0 Å². The molecule has 0 rings (SSSR count). The third-order valence-electron chi connectivity index (χ3n) is 2.07. The van der Waals surface area contributed by atoms with Crippen molar-refractivity contribution >= 4 is 6.09 Å². The maximum atomic E-state index is 11.5. The first kappa shape index (κ1) is 19.1. The fourth-order valence-corrected chi connectivity index (χ4v) is 1.25. The molecule has 4 nitrogen and oxygen atoms in total. The fourth-order valence-electron chi connectivity index (χ4n) is 1.25. The summed E-state index contributed by atoms with van der Waals surface area (Å²) in [7, 11) is 0. The average Bonchev–Trinajstić information content (AvgIpc) is 2.24. The minimum atomic E-state index is -0.485. The molecule has 0 aliphatic heterocycles. The van der Waals surface area contributed by atoms with E-state index in [2.05, 4.69) is 11.4 Å². The smallest absolute Gasteiger partial charge is 0.407 e. The molecule has 0 aromatic rings. The average molecular weight is 256 g/mol. The number of nitriles is 1. The molecular formula is C14H28N2O2. The summed E-state index contributed by atoms with van der Waals surface area (Å²) in [4.78, 5) is 11.5. The summed E-state index contributed by atoms with van der Waals surface area (Å²) in [6, 6.07) is 2.08. The Balaban J connectivity index is 0. The molecule has 0 fully saturated rings. The highest BCUT2D eigenvalue weighted by Gasteiger charge is 2.20. The van der Waals surface area contributed by atoms with Gasteiger partial charge in [0.15, 0.2) is 0 Å². The highest BCUT2D eigenvalue weighted by atomic mass is 16.6. The lowest BCUT2D eigenvalue weighted by Gasteiger charge is -2.25. The molecule has 0 bridgehead atoms. The molecule has 0 radical (unpaired) electrons. The predicted octanol–water partition coefficient (Wildman–Crippen LogP) is 3.87. The van der Waals surface area contributed by atoms with Gasteiger partial charge in [0.2, 0.25) is 0 Å². The summed E-state index contributed by atoms with van der Waals surface area (Å²) in [5, 5.41) is 11.3. The number of hydrogen-bond donors (Lipinski definition) is 1. The number of nitrogens with one attached hydrogen (secondary N) is 1. The van der Waals surface area contributed by atoms with Crippen molar-refractivity contribution in [3.8, 4) is 6.07 Å². The van der Waals surface area contributed by atoms with Crippen LogP contribution in [0.3, 0.4) is 0 Å². The maximum Gasteiger partial charge on any atom is 0.407 e. The second-order valence-corrected chi connectivity index (χ2v) is 5.19. The SMILES string of the molecule is CC.CC(C)C(CCC#N)NC(=O)OC(C)(C)C. The Hall–Kier alpha value is -1.24. The molecule has 0 aromatic carbocycles. The van der Waals surface area contributed by atoms with Gasteiger partial charge in [-0.05, 0) is 33.1 Å². The standard InChI is InChI=1S/C12H22N2O2.C2H6/c1-9(2)10(7-6-8-13)14-11(15)16-12(3,4)5;1-2/h9-10H,6-7H2,1-5H3,(H,14,15);1-2H3. The lowest BCUT2D eigenvalue weighted by atomic mass is 10.00. The van der Waals surface area contributed by atoms with Crippen molar-refractivity contribution in [2.24, 2.45) is 5.92 Å². The Bertz CT molecular complexity index is 262. The minimum Gasteiger partial charge on any atom is -0.444 e. The van der Waals surface area contributed by atoms with E-state index in [-0.39, 0.29) is 6.04 Å². The van der Waals surface area contributed by atoms with Crippen LogP contribution in [0, 0.1) is 17.2 Å². The molecule has 18 heavy (non-hydrogen) atoms. The van der Waals surface area contributed by atoms with Crippen LogP contribution in [0.5, 0.6) is 0 Å². The number of nitrogens with zero attached hydrogens (tertiary/aromatic N) is 1. The molecule has 0 aliphatic rings. The lowest BCUT2D eigenvalue weighted by molar-refractivity contribution is 0.0487. The largest absolute Gasteiger partial charge is 0.444 e. The van der Waals surface area contributed by atoms with Crippen molar-refractivity contribution in [3.05, 3.63) is 0 Å². The fraction of sp³-hybridized carbons (Fsp3) is 0.857. The van der Waals surface area contributed by atoms with Gasteiger partial charge in [-0.1, -0.05) is 27.7 Å². The highest BCUT2D eigenvalue weighted by molar-refractivity contribution is 5.68. The molecule has 4 heteroatoms. The zero-order valence-corrected chi connectivity index (χ0v) is 12.8. The first-order chi connectivity index (χ1) is 8.26. The van der Waals surface area contributed by atoms with Gasteiger partial charge in [0.05, 0.1) is 6.07 Å². The van der Waals surface area contributed by atoms with Crippen LogP contribution in [-0.2, 0) is 4.74 Å². The summed E-state index contributed by atoms with van der Waals surface area (Å²) in [5.74, 6) is 0.292. The van der Waals surface area contributed by atoms with Gasteiger partial charge in [-0.25, -0.2) is 4.79 Å². The second kappa shape index (κ2) is 9.76. The molecule has 1 atom stereocenters. The van der Waals surface area contributed by atoms with E-state index in [1.54, 1.807) is 0 Å². The van der Waals surface area contributed by atoms with Crippen molar-refractivity contribution in [3.63, 3.8) is 0 Å². The van der Waals surface area contributed by atoms with Gasteiger partial charge in [0.25, 0.3) is 0 Å². The normalized spacial score (nSPS) is 11.9. The molecular weight excluding hydrogens is 228 g/mol. The number of carbonyl (C=O) groups excluding carboxylic acids is 1. The highest BCUT2D eigenvalue weighted by Crippen LogP contribution is 2.11. The number of amides is 1. The van der Waals surface area contributed by atoms with Crippen LogP contribution in [0.15, 0.2) is 0 Å². The molecule has 0 spiro atoms. The van der Waals surface area contributed by atoms with Gasteiger partial charge in [0.1, 0.15) is 5.60 Å². The summed E-state index contributed by atoms with van der Waals surface area (Å²) in [6.45, 7) is 13.5. The molecule has 0 aliphatic carbocycles. The Labute approximate surface area is 112 Å². The van der Waals surface area contributed by atoms with E-state index < -0.39 is 11.7 Å². The van der Waals surface area contributed by atoms with Gasteiger partial charge in [-0.3, -0.25) is 0 Å². The molecule has 106 valence electrons. The predicted molar refractivity (Wildman–Crippen MR) is 74.2 cm³/mol. The van der Waals surface area contributed by atoms with Gasteiger partial charge in [0, 0.05) is 12.5 Å². The molecule has 0 saturated heterocycles. The van der Waals surface area contributed by atoms with Gasteiger partial charge in [-0.2, -0.15) is 5.26 Å². The number of alkyl carbamates (subject to hydrolysis) is 1. The quantitative estimate of drug-likeness (QED) is 0.830. The van der Waals surface area contributed by atoms with Crippen molar-refractivity contribution < 1.29 is 9.53 Å². The summed E-state index contributed by atoms with van der Waals surface area (Å²) >= 11 is 0. The Morgan fingerprint density at radius 3 is 2.17 bits per heavy atom. The number of ether oxygens (including phenoxy) is 1. The third kappa shape index (κ3) is 11.3. The zero-order valence-electron chi connectivity index (χ0n) is 12.8. The lowest BCUT2D eigenvalue weighted by Crippen LogP contribution is -2.41. The van der Waals surface area contributed by atoms with E-state index in [0.29, 0.717) is 18.8 Å². The number of rotatable bonds is 4. The van der Waals surface area contributed by atoms with Crippen molar-refractivity contribution in [1.29, 1.82) is 5.26 Å². The van der Waals surface area contributed by atoms with E-state index in [4.69, 9.17) is 10.00 Å². The molecule has 0 saturated carbocycles. The molecule has 1 amide bonds. The van der Waals surface area contributed by atoms with Gasteiger partial charge < -0.3 is 10.1 Å². The van der Waals surface area contributed by atoms with Crippen molar-refractivity contribution in [2.45, 2.75) is 73.0 Å². The number of hydrogen-bond acceptors (Lipinski definition) is 3. The van der Waals surface area contributed by atoms with Crippen LogP contribution in [0.25, 0.3) is 0 Å². The van der Waals surface area contributed by atoms with Gasteiger partial charge >= 0.3 is 6.09 Å². The Morgan fingerprint density at radius 2 is 1.83 bits per heavy atom. The van der Waals surface area contributed by atoms with Crippen molar-refractivity contribution in [1.82, 2.24) is 5.32 Å². The van der Waals surface area contributed by atoms with Crippen molar-refractivity contribution in [2.75, 3.05) is 0 Å².